The summed E-state index contributed by atoms with van der Waals surface area (Å²) in [4.78, 5) is 0. The fourth-order valence-electron chi connectivity index (χ4n) is 8.38. The minimum Gasteiger partial charge on any atom is -0.309 e. The molecular formula is C52H31N3. The van der Waals surface area contributed by atoms with Crippen molar-refractivity contribution in [3.63, 3.8) is 0 Å². The molecule has 0 radical (unpaired) electrons. The average Bonchev–Trinajstić information content (AvgIpc) is 3.60. The molecule has 0 saturated heterocycles. The Morgan fingerprint density at radius 1 is 0.309 bits per heavy atom. The molecule has 0 fully saturated rings. The fourth-order valence-corrected chi connectivity index (χ4v) is 8.38. The zero-order valence-electron chi connectivity index (χ0n) is 29.7. The summed E-state index contributed by atoms with van der Waals surface area (Å²) in [5.41, 5.74) is 12.7. The van der Waals surface area contributed by atoms with Crippen molar-refractivity contribution in [1.82, 2.24) is 4.57 Å². The molecule has 0 atom stereocenters. The van der Waals surface area contributed by atoms with Gasteiger partial charge in [-0.3, -0.25) is 0 Å². The zero-order valence-corrected chi connectivity index (χ0v) is 29.7. The quantitative estimate of drug-likeness (QED) is 0.168. The molecule has 0 aliphatic heterocycles. The number of hydrogen-bond acceptors (Lipinski definition) is 2. The maximum atomic E-state index is 10.2. The summed E-state index contributed by atoms with van der Waals surface area (Å²) in [6, 6.07) is 70.2. The summed E-state index contributed by atoms with van der Waals surface area (Å²) in [5.74, 6) is 0. The first kappa shape index (κ1) is 32.0. The molecule has 0 spiro atoms. The lowest BCUT2D eigenvalue weighted by Crippen LogP contribution is -1.96. The van der Waals surface area contributed by atoms with E-state index in [0.29, 0.717) is 11.1 Å². The van der Waals surface area contributed by atoms with Gasteiger partial charge in [-0.05, 0) is 115 Å². The van der Waals surface area contributed by atoms with E-state index < -0.39 is 0 Å². The van der Waals surface area contributed by atoms with Crippen LogP contribution in [0.4, 0.5) is 0 Å². The molecule has 0 N–H and O–H groups in total. The van der Waals surface area contributed by atoms with E-state index in [2.05, 4.69) is 168 Å². The first-order chi connectivity index (χ1) is 27.2. The second kappa shape index (κ2) is 13.0. The predicted octanol–water partition coefficient (Wildman–Crippen LogP) is 13.5. The van der Waals surface area contributed by atoms with Crippen molar-refractivity contribution >= 4 is 43.4 Å². The van der Waals surface area contributed by atoms with Crippen molar-refractivity contribution in [2.75, 3.05) is 0 Å². The van der Waals surface area contributed by atoms with E-state index >= 15 is 0 Å². The molecule has 0 unspecified atom stereocenters. The van der Waals surface area contributed by atoms with E-state index in [9.17, 15) is 10.5 Å². The summed E-state index contributed by atoms with van der Waals surface area (Å²) in [6.07, 6.45) is 0. The van der Waals surface area contributed by atoms with Gasteiger partial charge < -0.3 is 4.57 Å². The molecular weight excluding hydrogens is 667 g/mol. The third-order valence-corrected chi connectivity index (χ3v) is 10.8. The number of para-hydroxylation sites is 2. The lowest BCUT2D eigenvalue weighted by molar-refractivity contribution is 1.18. The molecule has 0 bridgehead atoms. The summed E-state index contributed by atoms with van der Waals surface area (Å²) in [5, 5.41) is 27.6. The maximum absolute atomic E-state index is 10.2. The van der Waals surface area contributed by atoms with Gasteiger partial charge in [-0.1, -0.05) is 140 Å². The molecule has 1 heterocycles. The van der Waals surface area contributed by atoms with Gasteiger partial charge in [0.1, 0.15) is 0 Å². The third-order valence-electron chi connectivity index (χ3n) is 10.8. The zero-order chi connectivity index (χ0) is 36.9. The lowest BCUT2D eigenvalue weighted by Gasteiger charge is -2.18. The molecule has 254 valence electrons. The summed E-state index contributed by atoms with van der Waals surface area (Å²) in [6.45, 7) is 0. The number of nitriles is 2. The van der Waals surface area contributed by atoms with E-state index in [0.717, 1.165) is 55.3 Å². The van der Waals surface area contributed by atoms with Crippen molar-refractivity contribution < 1.29 is 0 Å². The highest BCUT2D eigenvalue weighted by Gasteiger charge is 2.18. The van der Waals surface area contributed by atoms with Crippen LogP contribution in [0.2, 0.25) is 0 Å². The molecule has 9 aromatic carbocycles. The molecule has 3 heteroatoms. The van der Waals surface area contributed by atoms with E-state index in [1.165, 1.54) is 38.2 Å². The second-order valence-corrected chi connectivity index (χ2v) is 13.9. The highest BCUT2D eigenvalue weighted by Crippen LogP contribution is 2.44. The van der Waals surface area contributed by atoms with Crippen LogP contribution in [0.5, 0.6) is 0 Å². The van der Waals surface area contributed by atoms with Crippen LogP contribution < -0.4 is 0 Å². The van der Waals surface area contributed by atoms with Gasteiger partial charge in [-0.15, -0.1) is 0 Å². The van der Waals surface area contributed by atoms with Gasteiger partial charge in [0, 0.05) is 16.5 Å². The molecule has 1 aromatic heterocycles. The van der Waals surface area contributed by atoms with Gasteiger partial charge >= 0.3 is 0 Å². The van der Waals surface area contributed by atoms with Crippen molar-refractivity contribution in [2.45, 2.75) is 0 Å². The number of hydrogen-bond donors (Lipinski definition) is 0. The van der Waals surface area contributed by atoms with Crippen LogP contribution in [-0.4, -0.2) is 4.57 Å². The van der Waals surface area contributed by atoms with Gasteiger partial charge in [0.05, 0.1) is 34.3 Å². The first-order valence-electron chi connectivity index (χ1n) is 18.4. The van der Waals surface area contributed by atoms with Gasteiger partial charge in [-0.2, -0.15) is 10.5 Å². The van der Waals surface area contributed by atoms with Crippen LogP contribution in [0.3, 0.4) is 0 Å². The van der Waals surface area contributed by atoms with Crippen molar-refractivity contribution in [2.24, 2.45) is 0 Å². The Balaban J connectivity index is 1.10. The Morgan fingerprint density at radius 2 is 0.691 bits per heavy atom. The molecule has 10 rings (SSSR count). The normalized spacial score (nSPS) is 11.2. The topological polar surface area (TPSA) is 52.5 Å². The summed E-state index contributed by atoms with van der Waals surface area (Å²) in [7, 11) is 0. The van der Waals surface area contributed by atoms with E-state index in [4.69, 9.17) is 0 Å². The third kappa shape index (κ3) is 5.35. The van der Waals surface area contributed by atoms with Crippen LogP contribution >= 0.6 is 0 Å². The molecule has 0 aliphatic carbocycles. The van der Waals surface area contributed by atoms with Crippen LogP contribution in [0, 0.1) is 22.7 Å². The van der Waals surface area contributed by atoms with Crippen molar-refractivity contribution in [3.8, 4) is 62.3 Å². The maximum Gasteiger partial charge on any atom is 0.0992 e. The second-order valence-electron chi connectivity index (χ2n) is 13.9. The number of rotatable bonds is 5. The minimum atomic E-state index is 0.556. The van der Waals surface area contributed by atoms with Crippen LogP contribution in [0.15, 0.2) is 188 Å². The summed E-state index contributed by atoms with van der Waals surface area (Å²) >= 11 is 0. The van der Waals surface area contributed by atoms with E-state index in [-0.39, 0.29) is 0 Å². The molecule has 0 aliphatic rings. The Morgan fingerprint density at radius 3 is 1.20 bits per heavy atom. The lowest BCUT2D eigenvalue weighted by atomic mass is 9.85. The number of fused-ring (bicyclic) bond motifs is 5. The Labute approximate surface area is 318 Å². The highest BCUT2D eigenvalue weighted by molar-refractivity contribution is 6.21. The molecule has 0 amide bonds. The van der Waals surface area contributed by atoms with Crippen molar-refractivity contribution in [1.29, 1.82) is 10.5 Å². The number of nitrogens with zero attached hydrogens (tertiary/aromatic N) is 3. The fraction of sp³-hybridized carbons (Fsp3) is 0. The van der Waals surface area contributed by atoms with Gasteiger partial charge in [-0.25, -0.2) is 0 Å². The highest BCUT2D eigenvalue weighted by atomic mass is 15.0. The molecule has 55 heavy (non-hydrogen) atoms. The molecule has 10 aromatic rings. The Kier molecular flexibility index (Phi) is 7.58. The monoisotopic (exact) mass is 697 g/mol. The van der Waals surface area contributed by atoms with Crippen LogP contribution in [-0.2, 0) is 0 Å². The minimum absolute atomic E-state index is 0.556. The Hall–Kier alpha value is -7.72. The molecule has 3 nitrogen and oxygen atoms in total. The number of aromatic nitrogens is 1. The van der Waals surface area contributed by atoms with Gasteiger partial charge in [0.25, 0.3) is 0 Å². The van der Waals surface area contributed by atoms with Crippen LogP contribution in [0.1, 0.15) is 11.1 Å². The standard InChI is InChI=1S/C52H31N3/c53-32-34-26-39(30-40(27-34)41-28-35(33-54)29-42(31-41)55-49-20-10-8-14-43(49)44-15-9-11-21-50(44)55)36-22-24-38(25-23-36)52-47-18-6-4-16-45(47)51(37-12-2-1-3-13-37)46-17-5-7-19-48(46)52/h1-31H. The molecule has 0 saturated carbocycles. The van der Waals surface area contributed by atoms with E-state index in [1.54, 1.807) is 0 Å². The van der Waals surface area contributed by atoms with Gasteiger partial charge in [0.15, 0.2) is 0 Å². The van der Waals surface area contributed by atoms with Gasteiger partial charge in [0.2, 0.25) is 0 Å². The summed E-state index contributed by atoms with van der Waals surface area (Å²) < 4.78 is 2.22. The average molecular weight is 698 g/mol. The predicted molar refractivity (Wildman–Crippen MR) is 227 cm³/mol. The Bertz CT molecular complexity index is 3100. The smallest absolute Gasteiger partial charge is 0.0992 e. The SMILES string of the molecule is N#Cc1cc(-c2ccc(-c3c4ccccc4c(-c4ccccc4)c4ccccc34)cc2)cc(-c2cc(C#N)cc(-n3c4ccccc4c4ccccc43)c2)c1. The van der Waals surface area contributed by atoms with Crippen LogP contribution in [0.25, 0.3) is 93.5 Å². The first-order valence-corrected chi connectivity index (χ1v) is 18.4. The van der Waals surface area contributed by atoms with Crippen molar-refractivity contribution in [3.05, 3.63) is 199 Å². The largest absolute Gasteiger partial charge is 0.309 e. The number of benzene rings is 9. The van der Waals surface area contributed by atoms with E-state index in [1.807, 2.05) is 36.4 Å².